The van der Waals surface area contributed by atoms with Gasteiger partial charge in [0.25, 0.3) is 5.88 Å². The van der Waals surface area contributed by atoms with Gasteiger partial charge in [-0.3, -0.25) is 14.4 Å². The van der Waals surface area contributed by atoms with E-state index in [9.17, 15) is 29.4 Å². The van der Waals surface area contributed by atoms with Gasteiger partial charge in [-0.1, -0.05) is 55.2 Å². The average molecular weight is 759 g/mol. The van der Waals surface area contributed by atoms with E-state index in [-0.39, 0.29) is 33.8 Å². The van der Waals surface area contributed by atoms with Crippen molar-refractivity contribution in [3.63, 3.8) is 0 Å². The molecule has 15 heteroatoms. The van der Waals surface area contributed by atoms with Crippen LogP contribution in [0.1, 0.15) is 89.0 Å². The molecule has 3 unspecified atom stereocenters. The Morgan fingerprint density at radius 3 is 2.35 bits per heavy atom. The number of aromatic nitrogens is 2. The highest BCUT2D eigenvalue weighted by molar-refractivity contribution is 6.42. The maximum atomic E-state index is 13.7. The molecule has 3 bridgehead atoms. The normalized spacial score (nSPS) is 20.9. The maximum Gasteiger partial charge on any atom is 0.345 e. The first kappa shape index (κ1) is 37.7. The van der Waals surface area contributed by atoms with Crippen molar-refractivity contribution in [2.24, 2.45) is 5.92 Å². The van der Waals surface area contributed by atoms with Crippen molar-refractivity contribution in [1.82, 2.24) is 14.7 Å². The topological polar surface area (TPSA) is 167 Å². The van der Waals surface area contributed by atoms with Crippen LogP contribution in [0.3, 0.4) is 0 Å². The van der Waals surface area contributed by atoms with E-state index in [4.69, 9.17) is 42.1 Å². The van der Waals surface area contributed by atoms with Gasteiger partial charge in [0.05, 0.1) is 28.5 Å². The van der Waals surface area contributed by atoms with Crippen LogP contribution in [0.5, 0.6) is 17.4 Å². The summed E-state index contributed by atoms with van der Waals surface area (Å²) >= 11 is 12.9. The standard InChI is InChI=1S/C37H41Cl2N3O10/c1-4-36(47,5-2)23-12-15-41(16-13-23)17-14-24(22-10-11-25(38)26(39)18-22)32(49-21(3)43)31-33-34-40-42(31)27-8-6-7-9-28(27)50-29(44)19-37(48,35(46)52-33)20-30(45)51-34/h6-11,18,23-24,32,47-48H,4-5,12-17,19-20H2,1-3H3. The van der Waals surface area contributed by atoms with Gasteiger partial charge in [0.1, 0.15) is 11.4 Å². The lowest BCUT2D eigenvalue weighted by atomic mass is 9.77. The SMILES string of the molecule is CCC(O)(CC)C1CCN(CCC(c2ccc(Cl)c(Cl)c2)C(OC(C)=O)c2c3c4nn2-c2ccccc2OC(=O)CC(O)(CC(=O)O4)C(=O)O3)CC1. The Morgan fingerprint density at radius 2 is 1.69 bits per heavy atom. The molecular weight excluding hydrogens is 717 g/mol. The molecule has 2 aromatic carbocycles. The van der Waals surface area contributed by atoms with E-state index < -0.39 is 65.8 Å². The van der Waals surface area contributed by atoms with Gasteiger partial charge < -0.3 is 34.1 Å². The molecule has 278 valence electrons. The first-order chi connectivity index (χ1) is 24.7. The van der Waals surface area contributed by atoms with Crippen LogP contribution < -0.4 is 14.2 Å². The Kier molecular flexibility index (Phi) is 11.0. The Bertz CT molecular complexity index is 1870. The molecule has 4 heterocycles. The van der Waals surface area contributed by atoms with Crippen LogP contribution in [0.2, 0.25) is 10.0 Å². The van der Waals surface area contributed by atoms with Crippen molar-refractivity contribution in [1.29, 1.82) is 0 Å². The zero-order valence-corrected chi connectivity index (χ0v) is 30.6. The number of aliphatic hydroxyl groups is 2. The molecule has 52 heavy (non-hydrogen) atoms. The van der Waals surface area contributed by atoms with E-state index in [1.54, 1.807) is 36.4 Å². The second-order valence-electron chi connectivity index (χ2n) is 13.6. The molecule has 0 amide bonds. The summed E-state index contributed by atoms with van der Waals surface area (Å²) in [5.41, 5.74) is -2.59. The number of benzene rings is 2. The number of esters is 4. The van der Waals surface area contributed by atoms with Crippen LogP contribution in [0.15, 0.2) is 42.5 Å². The fourth-order valence-corrected chi connectivity index (χ4v) is 7.78. The summed E-state index contributed by atoms with van der Waals surface area (Å²) in [5.74, 6) is -5.38. The number of likely N-dealkylation sites (tertiary alicyclic amines) is 1. The Balaban J connectivity index is 1.49. The summed E-state index contributed by atoms with van der Waals surface area (Å²) in [5, 5.41) is 27.6. The highest BCUT2D eigenvalue weighted by Crippen LogP contribution is 2.48. The number of ether oxygens (including phenoxy) is 4. The third-order valence-electron chi connectivity index (χ3n) is 10.4. The molecular formula is C37H41Cl2N3O10. The van der Waals surface area contributed by atoms with Crippen molar-refractivity contribution in [3.8, 4) is 23.1 Å². The minimum absolute atomic E-state index is 0.00704. The number of para-hydroxylation sites is 2. The number of halogens is 2. The van der Waals surface area contributed by atoms with E-state index in [0.29, 0.717) is 36.4 Å². The summed E-state index contributed by atoms with van der Waals surface area (Å²) < 4.78 is 24.3. The van der Waals surface area contributed by atoms with Gasteiger partial charge in [0.2, 0.25) is 5.75 Å². The molecule has 0 saturated carbocycles. The lowest BCUT2D eigenvalue weighted by Gasteiger charge is -2.41. The second-order valence-corrected chi connectivity index (χ2v) is 14.5. The number of piperidine rings is 1. The van der Waals surface area contributed by atoms with Crippen molar-refractivity contribution < 1.29 is 48.3 Å². The van der Waals surface area contributed by atoms with Crippen LogP contribution in [0.25, 0.3) is 5.69 Å². The van der Waals surface area contributed by atoms with Crippen LogP contribution in [-0.4, -0.2) is 79.6 Å². The predicted molar refractivity (Wildman–Crippen MR) is 188 cm³/mol. The number of fused-ring (bicyclic) bond motifs is 5. The quantitative estimate of drug-likeness (QED) is 0.198. The van der Waals surface area contributed by atoms with Crippen LogP contribution in [0, 0.1) is 5.92 Å². The molecule has 0 spiro atoms. The minimum Gasteiger partial charge on any atom is -0.455 e. The fourth-order valence-electron chi connectivity index (χ4n) is 7.47. The van der Waals surface area contributed by atoms with E-state index >= 15 is 0 Å². The molecule has 6 rings (SSSR count). The largest absolute Gasteiger partial charge is 0.455 e. The molecule has 1 fully saturated rings. The molecule has 13 nitrogen and oxygen atoms in total. The summed E-state index contributed by atoms with van der Waals surface area (Å²) in [6, 6.07) is 11.4. The molecule has 1 saturated heterocycles. The van der Waals surface area contributed by atoms with Crippen molar-refractivity contribution >= 4 is 47.1 Å². The number of rotatable bonds is 10. The first-order valence-electron chi connectivity index (χ1n) is 17.4. The molecule has 0 radical (unpaired) electrons. The van der Waals surface area contributed by atoms with E-state index in [0.717, 1.165) is 25.9 Å². The molecule has 1 aromatic heterocycles. The second kappa shape index (κ2) is 15.2. The average Bonchev–Trinajstić information content (AvgIpc) is 3.43. The number of hydrogen-bond donors (Lipinski definition) is 2. The Hall–Kier alpha value is -4.01. The maximum absolute atomic E-state index is 13.7. The number of nitrogens with zero attached hydrogens (tertiary/aromatic N) is 3. The van der Waals surface area contributed by atoms with Crippen LogP contribution in [-0.2, 0) is 23.9 Å². The predicted octanol–water partition coefficient (Wildman–Crippen LogP) is 5.48. The Labute approximate surface area is 310 Å². The lowest BCUT2D eigenvalue weighted by molar-refractivity contribution is -0.168. The van der Waals surface area contributed by atoms with Gasteiger partial charge in [0.15, 0.2) is 17.5 Å². The van der Waals surface area contributed by atoms with Gasteiger partial charge in [-0.2, -0.15) is 0 Å². The highest BCUT2D eigenvalue weighted by Gasteiger charge is 2.49. The zero-order chi connectivity index (χ0) is 37.4. The van der Waals surface area contributed by atoms with Crippen LogP contribution >= 0.6 is 23.2 Å². The van der Waals surface area contributed by atoms with Crippen molar-refractivity contribution in [2.45, 2.75) is 88.9 Å². The Morgan fingerprint density at radius 1 is 1.02 bits per heavy atom. The molecule has 0 aliphatic carbocycles. The minimum atomic E-state index is -2.64. The van der Waals surface area contributed by atoms with Crippen molar-refractivity contribution in [2.75, 3.05) is 19.6 Å². The number of carbonyl (C=O) groups is 4. The molecule has 3 aliphatic rings. The number of hydrogen-bond acceptors (Lipinski definition) is 12. The van der Waals surface area contributed by atoms with Gasteiger partial charge in [-0.05, 0) is 87.5 Å². The number of carbonyl (C=O) groups excluding carboxylic acids is 4. The summed E-state index contributed by atoms with van der Waals surface area (Å²) in [6.07, 6.45) is 0.247. The van der Waals surface area contributed by atoms with Gasteiger partial charge in [-0.25, -0.2) is 9.48 Å². The zero-order valence-electron chi connectivity index (χ0n) is 29.1. The van der Waals surface area contributed by atoms with Crippen molar-refractivity contribution in [3.05, 3.63) is 63.8 Å². The third-order valence-corrected chi connectivity index (χ3v) is 11.2. The first-order valence-corrected chi connectivity index (χ1v) is 18.2. The monoisotopic (exact) mass is 757 g/mol. The van der Waals surface area contributed by atoms with Gasteiger partial charge >= 0.3 is 23.9 Å². The van der Waals surface area contributed by atoms with E-state index in [1.165, 1.54) is 17.7 Å². The smallest absolute Gasteiger partial charge is 0.345 e. The van der Waals surface area contributed by atoms with Gasteiger partial charge in [0, 0.05) is 12.8 Å². The van der Waals surface area contributed by atoms with Crippen LogP contribution in [0.4, 0.5) is 0 Å². The van der Waals surface area contributed by atoms with E-state index in [2.05, 4.69) is 10.00 Å². The highest BCUT2D eigenvalue weighted by atomic mass is 35.5. The summed E-state index contributed by atoms with van der Waals surface area (Å²) in [6.45, 7) is 7.24. The molecule has 3 atom stereocenters. The van der Waals surface area contributed by atoms with E-state index in [1.807, 2.05) is 13.8 Å². The summed E-state index contributed by atoms with van der Waals surface area (Å²) in [7, 11) is 0. The summed E-state index contributed by atoms with van der Waals surface area (Å²) in [4.78, 5) is 55.1. The fraction of sp³-hybridized carbons (Fsp3) is 0.486. The molecule has 2 N–H and O–H groups in total. The van der Waals surface area contributed by atoms with Gasteiger partial charge in [-0.15, -0.1) is 5.10 Å². The molecule has 3 aromatic rings. The third kappa shape index (κ3) is 7.56. The molecule has 3 aliphatic heterocycles. The lowest BCUT2D eigenvalue weighted by Crippen LogP contribution is -2.47.